The van der Waals surface area contributed by atoms with Gasteiger partial charge in [0.15, 0.2) is 0 Å². The minimum absolute atomic E-state index is 0.149. The summed E-state index contributed by atoms with van der Waals surface area (Å²) in [6, 6.07) is 8.44. The van der Waals surface area contributed by atoms with Gasteiger partial charge in [-0.25, -0.2) is 0 Å². The molecule has 0 spiro atoms. The van der Waals surface area contributed by atoms with Crippen molar-refractivity contribution in [2.24, 2.45) is 0 Å². The lowest BCUT2D eigenvalue weighted by Crippen LogP contribution is -2.45. The van der Waals surface area contributed by atoms with E-state index >= 15 is 0 Å². The first-order valence-electron chi connectivity index (χ1n) is 5.13. The zero-order chi connectivity index (χ0) is 10.0. The monoisotopic (exact) mass is 191 g/mol. The van der Waals surface area contributed by atoms with Crippen LogP contribution in [0.5, 0.6) is 0 Å². The Labute approximate surface area is 85.3 Å². The third kappa shape index (κ3) is 1.68. The molecular weight excluding hydrogens is 174 g/mol. The first kappa shape index (κ1) is 9.69. The van der Waals surface area contributed by atoms with E-state index in [0.29, 0.717) is 0 Å². The van der Waals surface area contributed by atoms with Gasteiger partial charge in [-0.1, -0.05) is 24.3 Å². The Morgan fingerprint density at radius 1 is 1.36 bits per heavy atom. The maximum Gasteiger partial charge on any atom is 0.103 e. The number of nitrogens with one attached hydrogen (secondary N) is 1. The summed E-state index contributed by atoms with van der Waals surface area (Å²) in [6.45, 7) is 6.95. The van der Waals surface area contributed by atoms with Crippen LogP contribution in [0.3, 0.4) is 0 Å². The van der Waals surface area contributed by atoms with Crippen LogP contribution >= 0.6 is 0 Å². The highest BCUT2D eigenvalue weighted by molar-refractivity contribution is 5.31. The van der Waals surface area contributed by atoms with Gasteiger partial charge < -0.3 is 10.1 Å². The summed E-state index contributed by atoms with van der Waals surface area (Å²) >= 11 is 0. The van der Waals surface area contributed by atoms with Crippen molar-refractivity contribution >= 4 is 0 Å². The molecule has 2 rings (SSSR count). The lowest BCUT2D eigenvalue weighted by atomic mass is 9.91. The van der Waals surface area contributed by atoms with Crippen LogP contribution in [0.4, 0.5) is 0 Å². The summed E-state index contributed by atoms with van der Waals surface area (Å²) < 4.78 is 5.87. The van der Waals surface area contributed by atoms with Crippen LogP contribution in [0.15, 0.2) is 24.3 Å². The van der Waals surface area contributed by atoms with Crippen molar-refractivity contribution in [3.63, 3.8) is 0 Å². The van der Waals surface area contributed by atoms with Crippen molar-refractivity contribution in [1.82, 2.24) is 5.32 Å². The van der Waals surface area contributed by atoms with E-state index in [9.17, 15) is 0 Å². The van der Waals surface area contributed by atoms with Crippen molar-refractivity contribution in [3.8, 4) is 0 Å². The van der Waals surface area contributed by atoms with E-state index in [4.69, 9.17) is 4.74 Å². The highest BCUT2D eigenvalue weighted by Gasteiger charge is 2.30. The molecule has 1 atom stereocenters. The van der Waals surface area contributed by atoms with Crippen LogP contribution in [-0.4, -0.2) is 19.7 Å². The van der Waals surface area contributed by atoms with Gasteiger partial charge in [0, 0.05) is 13.1 Å². The fraction of sp³-hybridized carbons (Fsp3) is 0.500. The second kappa shape index (κ2) is 3.71. The number of aryl methyl sites for hydroxylation is 1. The number of hydrogen-bond donors (Lipinski definition) is 1. The summed E-state index contributed by atoms with van der Waals surface area (Å²) in [5, 5.41) is 3.38. The zero-order valence-electron chi connectivity index (χ0n) is 8.84. The largest absolute Gasteiger partial charge is 0.368 e. The van der Waals surface area contributed by atoms with Crippen LogP contribution in [0, 0.1) is 6.92 Å². The van der Waals surface area contributed by atoms with E-state index in [1.54, 1.807) is 0 Å². The summed E-state index contributed by atoms with van der Waals surface area (Å²) in [7, 11) is 0. The van der Waals surface area contributed by atoms with Gasteiger partial charge in [-0.15, -0.1) is 0 Å². The summed E-state index contributed by atoms with van der Waals surface area (Å²) in [5.74, 6) is 0. The lowest BCUT2D eigenvalue weighted by Gasteiger charge is -2.35. The first-order valence-corrected chi connectivity index (χ1v) is 5.13. The smallest absolute Gasteiger partial charge is 0.103 e. The Kier molecular flexibility index (Phi) is 2.57. The molecule has 0 saturated carbocycles. The van der Waals surface area contributed by atoms with Gasteiger partial charge in [-0.2, -0.15) is 0 Å². The fourth-order valence-corrected chi connectivity index (χ4v) is 2.07. The number of rotatable bonds is 1. The zero-order valence-corrected chi connectivity index (χ0v) is 8.84. The molecule has 76 valence electrons. The summed E-state index contributed by atoms with van der Waals surface area (Å²) in [5.41, 5.74) is 2.45. The third-order valence-electron chi connectivity index (χ3n) is 2.88. The van der Waals surface area contributed by atoms with E-state index in [-0.39, 0.29) is 5.60 Å². The Morgan fingerprint density at radius 2 is 2.14 bits per heavy atom. The number of ether oxygens (including phenoxy) is 1. The van der Waals surface area contributed by atoms with Gasteiger partial charge in [-0.3, -0.25) is 0 Å². The molecule has 1 unspecified atom stereocenters. The van der Waals surface area contributed by atoms with Crippen molar-refractivity contribution in [1.29, 1.82) is 0 Å². The second-order valence-electron chi connectivity index (χ2n) is 4.07. The van der Waals surface area contributed by atoms with Crippen LogP contribution in [-0.2, 0) is 10.3 Å². The molecular formula is C12H17NO. The minimum atomic E-state index is -0.149. The number of morpholine rings is 1. The summed E-state index contributed by atoms with van der Waals surface area (Å²) in [6.07, 6.45) is 0. The molecule has 2 heteroatoms. The molecule has 1 aromatic carbocycles. The quantitative estimate of drug-likeness (QED) is 0.731. The lowest BCUT2D eigenvalue weighted by molar-refractivity contribution is -0.0576. The van der Waals surface area contributed by atoms with Gasteiger partial charge >= 0.3 is 0 Å². The van der Waals surface area contributed by atoms with Crippen LogP contribution in [0.1, 0.15) is 18.1 Å². The van der Waals surface area contributed by atoms with E-state index in [1.165, 1.54) is 11.1 Å². The highest BCUT2D eigenvalue weighted by atomic mass is 16.5. The molecule has 1 heterocycles. The maximum absolute atomic E-state index is 5.87. The van der Waals surface area contributed by atoms with Crippen LogP contribution < -0.4 is 5.32 Å². The van der Waals surface area contributed by atoms with Gasteiger partial charge in [0.1, 0.15) is 5.60 Å². The van der Waals surface area contributed by atoms with Crippen molar-refractivity contribution in [3.05, 3.63) is 35.4 Å². The molecule has 0 bridgehead atoms. The van der Waals surface area contributed by atoms with E-state index in [1.807, 2.05) is 0 Å². The molecule has 2 nitrogen and oxygen atoms in total. The third-order valence-corrected chi connectivity index (χ3v) is 2.88. The van der Waals surface area contributed by atoms with Crippen LogP contribution in [0.25, 0.3) is 0 Å². The Morgan fingerprint density at radius 3 is 2.79 bits per heavy atom. The van der Waals surface area contributed by atoms with Gasteiger partial charge in [0.25, 0.3) is 0 Å². The number of hydrogen-bond acceptors (Lipinski definition) is 2. The molecule has 0 amide bonds. The van der Waals surface area contributed by atoms with E-state index < -0.39 is 0 Å². The van der Waals surface area contributed by atoms with E-state index in [2.05, 4.69) is 43.4 Å². The predicted molar refractivity (Wildman–Crippen MR) is 57.4 cm³/mol. The molecule has 1 N–H and O–H groups in total. The first-order chi connectivity index (χ1) is 6.72. The molecule has 1 aliphatic heterocycles. The molecule has 1 aromatic rings. The van der Waals surface area contributed by atoms with Crippen molar-refractivity contribution < 1.29 is 4.74 Å². The molecule has 1 aliphatic rings. The number of benzene rings is 1. The molecule has 0 aliphatic carbocycles. The molecule has 0 aromatic heterocycles. The van der Waals surface area contributed by atoms with Gasteiger partial charge in [0.05, 0.1) is 6.61 Å². The molecule has 0 radical (unpaired) electrons. The topological polar surface area (TPSA) is 21.3 Å². The fourth-order valence-electron chi connectivity index (χ4n) is 2.07. The Bertz CT molecular complexity index is 316. The Hall–Kier alpha value is -0.860. The van der Waals surface area contributed by atoms with Gasteiger partial charge in [0.2, 0.25) is 0 Å². The predicted octanol–water partition coefficient (Wildman–Crippen LogP) is 1.83. The highest BCUT2D eigenvalue weighted by Crippen LogP contribution is 2.28. The maximum atomic E-state index is 5.87. The second-order valence-corrected chi connectivity index (χ2v) is 4.07. The average Bonchev–Trinajstić information content (AvgIpc) is 2.19. The normalized spacial score (nSPS) is 27.6. The standard InChI is InChI=1S/C12H17NO/c1-10-5-3-4-6-11(10)12(2)9-13-7-8-14-12/h3-6,13H,7-9H2,1-2H3. The summed E-state index contributed by atoms with van der Waals surface area (Å²) in [4.78, 5) is 0. The van der Waals surface area contributed by atoms with Crippen molar-refractivity contribution in [2.75, 3.05) is 19.7 Å². The minimum Gasteiger partial charge on any atom is -0.368 e. The van der Waals surface area contributed by atoms with Crippen LogP contribution in [0.2, 0.25) is 0 Å². The molecule has 1 fully saturated rings. The molecule has 1 saturated heterocycles. The Balaban J connectivity index is 2.32. The van der Waals surface area contributed by atoms with E-state index in [0.717, 1.165) is 19.7 Å². The average molecular weight is 191 g/mol. The SMILES string of the molecule is Cc1ccccc1C1(C)CNCCO1. The van der Waals surface area contributed by atoms with Crippen molar-refractivity contribution in [2.45, 2.75) is 19.4 Å². The van der Waals surface area contributed by atoms with Gasteiger partial charge in [-0.05, 0) is 25.0 Å². The molecule has 14 heavy (non-hydrogen) atoms.